The minimum atomic E-state index is 0.636. The molecule has 1 atom stereocenters. The van der Waals surface area contributed by atoms with Crippen molar-refractivity contribution in [2.45, 2.75) is 26.3 Å². The van der Waals surface area contributed by atoms with E-state index in [4.69, 9.17) is 0 Å². The number of aromatic nitrogens is 1. The average molecular weight is 176 g/mol. The summed E-state index contributed by atoms with van der Waals surface area (Å²) in [4.78, 5) is 6.66. The lowest BCUT2D eigenvalue weighted by atomic mass is 9.93. The quantitative estimate of drug-likeness (QED) is 0.650. The minimum absolute atomic E-state index is 0.636. The van der Waals surface area contributed by atoms with Crippen LogP contribution in [0.25, 0.3) is 0 Å². The summed E-state index contributed by atoms with van der Waals surface area (Å²) < 4.78 is 0. The zero-order valence-corrected chi connectivity index (χ0v) is 8.33. The van der Waals surface area contributed by atoms with Crippen molar-refractivity contribution >= 4 is 0 Å². The molecule has 0 aromatic carbocycles. The van der Waals surface area contributed by atoms with Crippen LogP contribution >= 0.6 is 0 Å². The van der Waals surface area contributed by atoms with Crippen LogP contribution in [0.3, 0.4) is 0 Å². The second kappa shape index (κ2) is 3.46. The van der Waals surface area contributed by atoms with Crippen LogP contribution < -0.4 is 0 Å². The Hall–Kier alpha value is -0.890. The van der Waals surface area contributed by atoms with E-state index in [0.717, 1.165) is 13.1 Å². The number of hydrogen-bond acceptors (Lipinski definition) is 2. The molecule has 0 bridgehead atoms. The maximum absolute atomic E-state index is 4.18. The number of likely N-dealkylation sites (N-methyl/N-ethyl adjacent to an activating group) is 1. The molecule has 2 heterocycles. The van der Waals surface area contributed by atoms with Crippen molar-refractivity contribution in [2.24, 2.45) is 0 Å². The molecule has 1 aromatic rings. The zero-order chi connectivity index (χ0) is 9.26. The Kier molecular flexibility index (Phi) is 2.32. The first kappa shape index (κ1) is 8.70. The Morgan fingerprint density at radius 1 is 1.62 bits per heavy atom. The van der Waals surface area contributed by atoms with E-state index in [-0.39, 0.29) is 0 Å². The van der Waals surface area contributed by atoms with Crippen molar-refractivity contribution in [1.29, 1.82) is 0 Å². The van der Waals surface area contributed by atoms with Crippen molar-refractivity contribution in [3.8, 4) is 0 Å². The maximum atomic E-state index is 4.18. The average Bonchev–Trinajstić information content (AvgIpc) is 2.18. The Labute approximate surface area is 79.6 Å². The minimum Gasteiger partial charge on any atom is -0.299 e. The molecule has 0 saturated heterocycles. The lowest BCUT2D eigenvalue weighted by Crippen LogP contribution is -2.32. The van der Waals surface area contributed by atoms with E-state index in [1.54, 1.807) is 0 Å². The first-order chi connectivity index (χ1) is 6.31. The standard InChI is InChI=1S/C11H16N2/c1-3-13-7-9(2)11-6-12-5-4-10(11)8-13/h4-6,9H,3,7-8H2,1-2H3. The summed E-state index contributed by atoms with van der Waals surface area (Å²) in [6.45, 7) is 7.92. The smallest absolute Gasteiger partial charge is 0.0306 e. The van der Waals surface area contributed by atoms with Crippen LogP contribution in [0.4, 0.5) is 0 Å². The topological polar surface area (TPSA) is 16.1 Å². The predicted molar refractivity (Wildman–Crippen MR) is 53.6 cm³/mol. The van der Waals surface area contributed by atoms with Gasteiger partial charge in [-0.05, 0) is 29.7 Å². The molecular formula is C11H16N2. The van der Waals surface area contributed by atoms with E-state index in [2.05, 4.69) is 29.8 Å². The molecule has 1 aliphatic heterocycles. The molecule has 1 aromatic heterocycles. The van der Waals surface area contributed by atoms with Crippen LogP contribution in [-0.2, 0) is 6.54 Å². The molecule has 0 amide bonds. The largest absolute Gasteiger partial charge is 0.299 e. The third kappa shape index (κ3) is 1.59. The van der Waals surface area contributed by atoms with Gasteiger partial charge < -0.3 is 0 Å². The lowest BCUT2D eigenvalue weighted by molar-refractivity contribution is 0.247. The van der Waals surface area contributed by atoms with Crippen LogP contribution in [0.5, 0.6) is 0 Å². The first-order valence-corrected chi connectivity index (χ1v) is 4.96. The monoisotopic (exact) mass is 176 g/mol. The van der Waals surface area contributed by atoms with E-state index in [1.165, 1.54) is 17.7 Å². The summed E-state index contributed by atoms with van der Waals surface area (Å²) in [5.41, 5.74) is 2.89. The summed E-state index contributed by atoms with van der Waals surface area (Å²) in [6.07, 6.45) is 3.91. The number of hydrogen-bond donors (Lipinski definition) is 0. The highest BCUT2D eigenvalue weighted by Gasteiger charge is 2.20. The molecule has 0 N–H and O–H groups in total. The van der Waals surface area contributed by atoms with Gasteiger partial charge in [-0.15, -0.1) is 0 Å². The van der Waals surface area contributed by atoms with Crippen LogP contribution in [0.15, 0.2) is 18.5 Å². The van der Waals surface area contributed by atoms with Crippen LogP contribution in [-0.4, -0.2) is 23.0 Å². The molecule has 1 unspecified atom stereocenters. The van der Waals surface area contributed by atoms with Gasteiger partial charge in [-0.3, -0.25) is 9.88 Å². The number of nitrogens with zero attached hydrogens (tertiary/aromatic N) is 2. The van der Waals surface area contributed by atoms with Gasteiger partial charge in [0.25, 0.3) is 0 Å². The van der Waals surface area contributed by atoms with Gasteiger partial charge in [-0.1, -0.05) is 13.8 Å². The van der Waals surface area contributed by atoms with Crippen molar-refractivity contribution in [3.63, 3.8) is 0 Å². The molecule has 0 spiro atoms. The van der Waals surface area contributed by atoms with Gasteiger partial charge >= 0.3 is 0 Å². The third-order valence-electron chi connectivity index (χ3n) is 2.85. The normalized spacial score (nSPS) is 22.8. The van der Waals surface area contributed by atoms with Crippen LogP contribution in [0.1, 0.15) is 30.9 Å². The second-order valence-electron chi connectivity index (χ2n) is 3.80. The maximum Gasteiger partial charge on any atom is 0.0306 e. The highest BCUT2D eigenvalue weighted by atomic mass is 15.1. The van der Waals surface area contributed by atoms with E-state index >= 15 is 0 Å². The Morgan fingerprint density at radius 3 is 3.23 bits per heavy atom. The Balaban J connectivity index is 2.31. The summed E-state index contributed by atoms with van der Waals surface area (Å²) in [5, 5.41) is 0. The summed E-state index contributed by atoms with van der Waals surface area (Å²) in [6, 6.07) is 2.15. The molecule has 2 nitrogen and oxygen atoms in total. The zero-order valence-electron chi connectivity index (χ0n) is 8.33. The van der Waals surface area contributed by atoms with Gasteiger partial charge in [0.1, 0.15) is 0 Å². The Morgan fingerprint density at radius 2 is 2.46 bits per heavy atom. The molecule has 0 aliphatic carbocycles. The van der Waals surface area contributed by atoms with E-state index in [1.807, 2.05) is 12.4 Å². The number of fused-ring (bicyclic) bond motifs is 1. The van der Waals surface area contributed by atoms with Crippen molar-refractivity contribution in [1.82, 2.24) is 9.88 Å². The van der Waals surface area contributed by atoms with E-state index < -0.39 is 0 Å². The van der Waals surface area contributed by atoms with Crippen molar-refractivity contribution in [3.05, 3.63) is 29.6 Å². The fourth-order valence-electron chi connectivity index (χ4n) is 2.06. The predicted octanol–water partition coefficient (Wildman–Crippen LogP) is 2.02. The third-order valence-corrected chi connectivity index (χ3v) is 2.85. The second-order valence-corrected chi connectivity index (χ2v) is 3.80. The molecule has 0 fully saturated rings. The van der Waals surface area contributed by atoms with Gasteiger partial charge in [-0.25, -0.2) is 0 Å². The van der Waals surface area contributed by atoms with Gasteiger partial charge in [0, 0.05) is 25.5 Å². The first-order valence-electron chi connectivity index (χ1n) is 4.96. The van der Waals surface area contributed by atoms with Gasteiger partial charge in [0.2, 0.25) is 0 Å². The summed E-state index contributed by atoms with van der Waals surface area (Å²) in [7, 11) is 0. The molecule has 0 saturated carbocycles. The fraction of sp³-hybridized carbons (Fsp3) is 0.545. The van der Waals surface area contributed by atoms with Crippen LogP contribution in [0, 0.1) is 0 Å². The van der Waals surface area contributed by atoms with Gasteiger partial charge in [0.05, 0.1) is 0 Å². The fourth-order valence-corrected chi connectivity index (χ4v) is 2.06. The van der Waals surface area contributed by atoms with Crippen molar-refractivity contribution in [2.75, 3.05) is 13.1 Å². The van der Waals surface area contributed by atoms with E-state index in [0.29, 0.717) is 5.92 Å². The highest BCUT2D eigenvalue weighted by molar-refractivity contribution is 5.29. The summed E-state index contributed by atoms with van der Waals surface area (Å²) >= 11 is 0. The van der Waals surface area contributed by atoms with Crippen molar-refractivity contribution < 1.29 is 0 Å². The molecule has 0 radical (unpaired) electrons. The van der Waals surface area contributed by atoms with Crippen LogP contribution in [0.2, 0.25) is 0 Å². The molecule has 13 heavy (non-hydrogen) atoms. The molecular weight excluding hydrogens is 160 g/mol. The molecule has 70 valence electrons. The number of pyridine rings is 1. The molecule has 1 aliphatic rings. The van der Waals surface area contributed by atoms with Gasteiger partial charge in [0.15, 0.2) is 0 Å². The van der Waals surface area contributed by atoms with E-state index in [9.17, 15) is 0 Å². The lowest BCUT2D eigenvalue weighted by Gasteiger charge is -2.31. The highest BCUT2D eigenvalue weighted by Crippen LogP contribution is 2.26. The number of rotatable bonds is 1. The Bertz CT molecular complexity index is 296. The molecule has 2 rings (SSSR count). The summed E-state index contributed by atoms with van der Waals surface area (Å²) in [5.74, 6) is 0.636. The SMILES string of the molecule is CCN1Cc2ccncc2C(C)C1. The molecule has 2 heteroatoms. The van der Waals surface area contributed by atoms with Gasteiger partial charge in [-0.2, -0.15) is 0 Å².